The highest BCUT2D eigenvalue weighted by Crippen LogP contribution is 2.18. The molecule has 1 aromatic carbocycles. The molecule has 1 aromatic rings. The van der Waals surface area contributed by atoms with Gasteiger partial charge in [0.2, 0.25) is 0 Å². The smallest absolute Gasteiger partial charge is 0.387 e. The molecule has 1 aliphatic rings. The van der Waals surface area contributed by atoms with E-state index in [1.54, 1.807) is 12.1 Å². The van der Waals surface area contributed by atoms with Crippen molar-refractivity contribution < 1.29 is 13.5 Å². The Balaban J connectivity index is 1.93. The summed E-state index contributed by atoms with van der Waals surface area (Å²) in [7, 11) is 0. The van der Waals surface area contributed by atoms with Crippen LogP contribution >= 0.6 is 0 Å². The Morgan fingerprint density at radius 2 is 2.11 bits per heavy atom. The van der Waals surface area contributed by atoms with Crippen LogP contribution in [0.2, 0.25) is 0 Å². The molecule has 0 bridgehead atoms. The van der Waals surface area contributed by atoms with Crippen LogP contribution in [-0.2, 0) is 6.54 Å². The summed E-state index contributed by atoms with van der Waals surface area (Å²) < 4.78 is 28.4. The fraction of sp³-hybridized carbons (Fsp3) is 0.571. The van der Waals surface area contributed by atoms with Crippen molar-refractivity contribution in [3.05, 3.63) is 29.8 Å². The largest absolute Gasteiger partial charge is 0.435 e. The van der Waals surface area contributed by atoms with E-state index in [1.807, 2.05) is 12.1 Å². The summed E-state index contributed by atoms with van der Waals surface area (Å²) in [4.78, 5) is 2.41. The molecule has 0 aromatic heterocycles. The van der Waals surface area contributed by atoms with Crippen LogP contribution in [0, 0.1) is 0 Å². The summed E-state index contributed by atoms with van der Waals surface area (Å²) in [5.74, 6) is 0.212. The zero-order valence-corrected chi connectivity index (χ0v) is 11.1. The Hall–Kier alpha value is -1.20. The zero-order valence-electron chi connectivity index (χ0n) is 11.1. The van der Waals surface area contributed by atoms with E-state index in [-0.39, 0.29) is 5.75 Å². The molecule has 1 atom stereocenters. The van der Waals surface area contributed by atoms with Crippen molar-refractivity contribution in [2.75, 3.05) is 19.6 Å². The molecule has 0 amide bonds. The van der Waals surface area contributed by atoms with Crippen molar-refractivity contribution in [1.29, 1.82) is 0 Å². The third-order valence-electron chi connectivity index (χ3n) is 3.49. The molecule has 1 N–H and O–H groups in total. The second-order valence-electron chi connectivity index (χ2n) is 4.73. The lowest BCUT2D eigenvalue weighted by atomic mass is 10.1. The Kier molecular flexibility index (Phi) is 5.10. The third kappa shape index (κ3) is 4.14. The van der Waals surface area contributed by atoms with Gasteiger partial charge >= 0.3 is 6.61 Å². The van der Waals surface area contributed by atoms with E-state index in [1.165, 1.54) is 6.42 Å². The number of rotatable bonds is 6. The third-order valence-corrected chi connectivity index (χ3v) is 3.49. The highest BCUT2D eigenvalue weighted by Gasteiger charge is 2.20. The number of benzene rings is 1. The van der Waals surface area contributed by atoms with Crippen molar-refractivity contribution in [3.8, 4) is 5.75 Å². The number of halogens is 2. The summed E-state index contributed by atoms with van der Waals surface area (Å²) in [5, 5.41) is 3.36. The van der Waals surface area contributed by atoms with E-state index < -0.39 is 6.61 Å². The molecule has 1 aliphatic heterocycles. The SMILES string of the molecule is CCN(Cc1ccc(OC(F)F)cc1)C1CCNC1. The molecule has 2 rings (SSSR count). The number of alkyl halides is 2. The monoisotopic (exact) mass is 270 g/mol. The first-order valence-corrected chi connectivity index (χ1v) is 6.67. The van der Waals surface area contributed by atoms with Crippen LogP contribution in [0.15, 0.2) is 24.3 Å². The van der Waals surface area contributed by atoms with Crippen molar-refractivity contribution in [2.45, 2.75) is 32.5 Å². The van der Waals surface area contributed by atoms with Crippen molar-refractivity contribution >= 4 is 0 Å². The predicted octanol–water partition coefficient (Wildman–Crippen LogP) is 2.47. The standard InChI is InChI=1S/C14H20F2N2O/c1-2-18(12-7-8-17-9-12)10-11-3-5-13(6-4-11)19-14(15)16/h3-6,12,14,17H,2,7-10H2,1H3. The van der Waals surface area contributed by atoms with Crippen molar-refractivity contribution in [3.63, 3.8) is 0 Å². The van der Waals surface area contributed by atoms with E-state index in [0.717, 1.165) is 31.7 Å². The minimum absolute atomic E-state index is 0.212. The fourth-order valence-corrected chi connectivity index (χ4v) is 2.46. The molecule has 0 spiro atoms. The van der Waals surface area contributed by atoms with E-state index in [9.17, 15) is 8.78 Å². The first kappa shape index (κ1) is 14.2. The van der Waals surface area contributed by atoms with E-state index in [4.69, 9.17) is 0 Å². The lowest BCUT2D eigenvalue weighted by Crippen LogP contribution is -2.36. The van der Waals surface area contributed by atoms with Gasteiger partial charge in [0.25, 0.3) is 0 Å². The van der Waals surface area contributed by atoms with Gasteiger partial charge in [-0.05, 0) is 37.2 Å². The van der Waals surface area contributed by atoms with Crippen LogP contribution in [0.3, 0.4) is 0 Å². The van der Waals surface area contributed by atoms with Gasteiger partial charge < -0.3 is 10.1 Å². The average Bonchev–Trinajstić information content (AvgIpc) is 2.91. The maximum atomic E-state index is 12.1. The molecule has 0 aliphatic carbocycles. The number of hydrogen-bond donors (Lipinski definition) is 1. The van der Waals surface area contributed by atoms with Gasteiger partial charge in [-0.25, -0.2) is 0 Å². The Labute approximate surface area is 112 Å². The Bertz CT molecular complexity index is 378. The topological polar surface area (TPSA) is 24.5 Å². The van der Waals surface area contributed by atoms with Gasteiger partial charge in [0.15, 0.2) is 0 Å². The lowest BCUT2D eigenvalue weighted by Gasteiger charge is -2.26. The van der Waals surface area contributed by atoms with E-state index in [2.05, 4.69) is 21.9 Å². The highest BCUT2D eigenvalue weighted by atomic mass is 19.3. The maximum Gasteiger partial charge on any atom is 0.387 e. The first-order chi connectivity index (χ1) is 9.19. The number of hydrogen-bond acceptors (Lipinski definition) is 3. The van der Waals surface area contributed by atoms with Crippen LogP contribution in [-0.4, -0.2) is 37.2 Å². The average molecular weight is 270 g/mol. The molecule has 1 fully saturated rings. The summed E-state index contributed by atoms with van der Waals surface area (Å²) in [6.07, 6.45) is 1.17. The molecular formula is C14H20F2N2O. The normalized spacial score (nSPS) is 19.3. The van der Waals surface area contributed by atoms with Gasteiger partial charge in [0, 0.05) is 19.1 Å². The molecule has 1 saturated heterocycles. The van der Waals surface area contributed by atoms with Crippen LogP contribution < -0.4 is 10.1 Å². The maximum absolute atomic E-state index is 12.1. The molecule has 1 heterocycles. The van der Waals surface area contributed by atoms with Gasteiger partial charge in [0.05, 0.1) is 0 Å². The quantitative estimate of drug-likeness (QED) is 0.859. The molecule has 5 heteroatoms. The van der Waals surface area contributed by atoms with E-state index >= 15 is 0 Å². The second kappa shape index (κ2) is 6.82. The zero-order chi connectivity index (χ0) is 13.7. The van der Waals surface area contributed by atoms with Gasteiger partial charge in [0.1, 0.15) is 5.75 Å². The number of nitrogens with one attached hydrogen (secondary N) is 1. The van der Waals surface area contributed by atoms with Crippen molar-refractivity contribution in [1.82, 2.24) is 10.2 Å². The van der Waals surface area contributed by atoms with Crippen LogP contribution in [0.25, 0.3) is 0 Å². The van der Waals surface area contributed by atoms with E-state index in [0.29, 0.717) is 6.04 Å². The molecular weight excluding hydrogens is 250 g/mol. The minimum Gasteiger partial charge on any atom is -0.435 e. The van der Waals surface area contributed by atoms with Gasteiger partial charge in [-0.15, -0.1) is 0 Å². The van der Waals surface area contributed by atoms with Crippen molar-refractivity contribution in [2.24, 2.45) is 0 Å². The lowest BCUT2D eigenvalue weighted by molar-refractivity contribution is -0.0498. The van der Waals surface area contributed by atoms with Crippen LogP contribution in [0.4, 0.5) is 8.78 Å². The number of likely N-dealkylation sites (N-methyl/N-ethyl adjacent to an activating group) is 1. The van der Waals surface area contributed by atoms with Crippen LogP contribution in [0.1, 0.15) is 18.9 Å². The Morgan fingerprint density at radius 1 is 1.37 bits per heavy atom. The van der Waals surface area contributed by atoms with Crippen LogP contribution in [0.5, 0.6) is 5.75 Å². The summed E-state index contributed by atoms with van der Waals surface area (Å²) in [5.41, 5.74) is 1.12. The minimum atomic E-state index is -2.76. The summed E-state index contributed by atoms with van der Waals surface area (Å²) in [6, 6.07) is 7.47. The second-order valence-corrected chi connectivity index (χ2v) is 4.73. The Morgan fingerprint density at radius 3 is 2.63 bits per heavy atom. The summed E-state index contributed by atoms with van der Waals surface area (Å²) >= 11 is 0. The molecule has 0 radical (unpaired) electrons. The number of ether oxygens (including phenoxy) is 1. The first-order valence-electron chi connectivity index (χ1n) is 6.67. The van der Waals surface area contributed by atoms with Gasteiger partial charge in [-0.3, -0.25) is 4.90 Å². The molecule has 3 nitrogen and oxygen atoms in total. The predicted molar refractivity (Wildman–Crippen MR) is 70.4 cm³/mol. The molecule has 0 saturated carbocycles. The van der Waals surface area contributed by atoms with Gasteiger partial charge in [-0.2, -0.15) is 8.78 Å². The molecule has 19 heavy (non-hydrogen) atoms. The molecule has 1 unspecified atom stereocenters. The highest BCUT2D eigenvalue weighted by molar-refractivity contribution is 5.27. The summed E-state index contributed by atoms with van der Waals surface area (Å²) in [6.45, 7) is 3.32. The van der Waals surface area contributed by atoms with Gasteiger partial charge in [-0.1, -0.05) is 19.1 Å². The fourth-order valence-electron chi connectivity index (χ4n) is 2.46. The molecule has 106 valence electrons. The number of nitrogens with zero attached hydrogens (tertiary/aromatic N) is 1.